The van der Waals surface area contributed by atoms with Gasteiger partial charge < -0.3 is 20.3 Å². The molecule has 0 radical (unpaired) electrons. The molecule has 0 aliphatic carbocycles. The summed E-state index contributed by atoms with van der Waals surface area (Å²) in [5.74, 6) is 0.862. The number of aromatic nitrogens is 1. The van der Waals surface area contributed by atoms with Crippen LogP contribution in [0.4, 0.5) is 16.3 Å². The van der Waals surface area contributed by atoms with Crippen molar-refractivity contribution in [2.24, 2.45) is 0 Å². The SMILES string of the molecule is CCC(=O)N1c2ccc(-c3ccc(NC)nc3)cc2C(NC(=O)OC(C)C)CC1C. The summed E-state index contributed by atoms with van der Waals surface area (Å²) in [6.45, 7) is 7.51. The first-order valence-corrected chi connectivity index (χ1v) is 10.4. The fourth-order valence-corrected chi connectivity index (χ4v) is 3.83. The molecule has 7 nitrogen and oxygen atoms in total. The number of alkyl carbamates (subject to hydrolysis) is 1. The molecule has 160 valence electrons. The fraction of sp³-hybridized carbons (Fsp3) is 0.435. The molecule has 1 aromatic heterocycles. The third kappa shape index (κ3) is 4.56. The Morgan fingerprint density at radius 1 is 1.23 bits per heavy atom. The second kappa shape index (κ2) is 9.15. The van der Waals surface area contributed by atoms with Crippen LogP contribution < -0.4 is 15.5 Å². The summed E-state index contributed by atoms with van der Waals surface area (Å²) in [6.07, 6.45) is 2.20. The van der Waals surface area contributed by atoms with Crippen molar-refractivity contribution in [3.05, 3.63) is 42.1 Å². The van der Waals surface area contributed by atoms with Gasteiger partial charge in [-0.15, -0.1) is 0 Å². The molecule has 2 heterocycles. The highest BCUT2D eigenvalue weighted by atomic mass is 16.6. The molecule has 2 unspecified atom stereocenters. The lowest BCUT2D eigenvalue weighted by molar-refractivity contribution is -0.118. The van der Waals surface area contributed by atoms with E-state index < -0.39 is 6.09 Å². The van der Waals surface area contributed by atoms with Crippen LogP contribution >= 0.6 is 0 Å². The van der Waals surface area contributed by atoms with Gasteiger partial charge >= 0.3 is 6.09 Å². The molecule has 1 aromatic carbocycles. The lowest BCUT2D eigenvalue weighted by atomic mass is 9.89. The van der Waals surface area contributed by atoms with Crippen molar-refractivity contribution < 1.29 is 14.3 Å². The zero-order chi connectivity index (χ0) is 21.8. The number of anilines is 2. The van der Waals surface area contributed by atoms with Crippen LogP contribution in [-0.2, 0) is 9.53 Å². The monoisotopic (exact) mass is 410 g/mol. The molecule has 0 saturated carbocycles. The molecule has 0 saturated heterocycles. The Kier molecular flexibility index (Phi) is 6.59. The van der Waals surface area contributed by atoms with E-state index in [0.29, 0.717) is 12.8 Å². The maximum Gasteiger partial charge on any atom is 0.407 e. The van der Waals surface area contributed by atoms with Gasteiger partial charge in [-0.3, -0.25) is 4.79 Å². The summed E-state index contributed by atoms with van der Waals surface area (Å²) < 4.78 is 5.29. The minimum absolute atomic E-state index is 0.0308. The van der Waals surface area contributed by atoms with E-state index in [4.69, 9.17) is 4.74 Å². The Morgan fingerprint density at radius 2 is 1.97 bits per heavy atom. The summed E-state index contributed by atoms with van der Waals surface area (Å²) in [4.78, 5) is 31.2. The highest BCUT2D eigenvalue weighted by Crippen LogP contribution is 2.40. The van der Waals surface area contributed by atoms with Crippen LogP contribution in [0, 0.1) is 0 Å². The van der Waals surface area contributed by atoms with Crippen LogP contribution in [0.15, 0.2) is 36.5 Å². The molecule has 1 aliphatic heterocycles. The third-order valence-corrected chi connectivity index (χ3v) is 5.24. The van der Waals surface area contributed by atoms with Gasteiger partial charge in [0.25, 0.3) is 0 Å². The van der Waals surface area contributed by atoms with Crippen molar-refractivity contribution in [2.75, 3.05) is 17.3 Å². The van der Waals surface area contributed by atoms with Crippen molar-refractivity contribution in [2.45, 2.75) is 58.7 Å². The number of nitrogens with one attached hydrogen (secondary N) is 2. The molecule has 2 aromatic rings. The van der Waals surface area contributed by atoms with E-state index in [1.54, 1.807) is 0 Å². The van der Waals surface area contributed by atoms with Gasteiger partial charge in [-0.2, -0.15) is 0 Å². The minimum atomic E-state index is -0.450. The van der Waals surface area contributed by atoms with E-state index in [2.05, 4.69) is 15.6 Å². The second-order valence-corrected chi connectivity index (χ2v) is 7.81. The van der Waals surface area contributed by atoms with Gasteiger partial charge in [0, 0.05) is 37.0 Å². The van der Waals surface area contributed by atoms with E-state index in [0.717, 1.165) is 28.2 Å². The van der Waals surface area contributed by atoms with E-state index in [1.165, 1.54) is 0 Å². The first kappa shape index (κ1) is 21.6. The molecule has 2 atom stereocenters. The molecular weight excluding hydrogens is 380 g/mol. The molecular formula is C23H30N4O3. The zero-order valence-electron chi connectivity index (χ0n) is 18.2. The van der Waals surface area contributed by atoms with Gasteiger partial charge in [-0.25, -0.2) is 9.78 Å². The third-order valence-electron chi connectivity index (χ3n) is 5.24. The number of hydrogen-bond acceptors (Lipinski definition) is 5. The Labute approximate surface area is 177 Å². The molecule has 0 spiro atoms. The Hall–Kier alpha value is -3.09. The lowest BCUT2D eigenvalue weighted by Crippen LogP contribution is -2.46. The molecule has 3 rings (SSSR count). The average Bonchev–Trinajstić information content (AvgIpc) is 2.72. The predicted molar refractivity (Wildman–Crippen MR) is 119 cm³/mol. The first-order chi connectivity index (χ1) is 14.3. The second-order valence-electron chi connectivity index (χ2n) is 7.81. The number of carbonyl (C=O) groups is 2. The number of amides is 2. The number of hydrogen-bond donors (Lipinski definition) is 2. The van der Waals surface area contributed by atoms with Crippen LogP contribution in [-0.4, -0.2) is 36.2 Å². The quantitative estimate of drug-likeness (QED) is 0.758. The van der Waals surface area contributed by atoms with E-state index in [9.17, 15) is 9.59 Å². The summed E-state index contributed by atoms with van der Waals surface area (Å²) in [5, 5.41) is 6.00. The number of pyridine rings is 1. The largest absolute Gasteiger partial charge is 0.447 e. The Morgan fingerprint density at radius 3 is 2.57 bits per heavy atom. The van der Waals surface area contributed by atoms with Crippen LogP contribution in [0.2, 0.25) is 0 Å². The number of nitrogens with zero attached hydrogens (tertiary/aromatic N) is 2. The van der Waals surface area contributed by atoms with Crippen LogP contribution in [0.5, 0.6) is 0 Å². The van der Waals surface area contributed by atoms with Crippen molar-refractivity contribution in [3.8, 4) is 11.1 Å². The van der Waals surface area contributed by atoms with Crippen LogP contribution in [0.1, 0.15) is 52.1 Å². The van der Waals surface area contributed by atoms with Crippen molar-refractivity contribution in [1.29, 1.82) is 0 Å². The van der Waals surface area contributed by atoms with Gasteiger partial charge in [0.05, 0.1) is 12.1 Å². The molecule has 2 amide bonds. The van der Waals surface area contributed by atoms with Crippen LogP contribution in [0.25, 0.3) is 11.1 Å². The molecule has 1 aliphatic rings. The van der Waals surface area contributed by atoms with Gasteiger partial charge in [-0.1, -0.05) is 13.0 Å². The van der Waals surface area contributed by atoms with Gasteiger partial charge in [0.1, 0.15) is 5.82 Å². The lowest BCUT2D eigenvalue weighted by Gasteiger charge is -2.39. The van der Waals surface area contributed by atoms with E-state index in [1.807, 2.05) is 76.2 Å². The zero-order valence-corrected chi connectivity index (χ0v) is 18.2. The Bertz CT molecular complexity index is 911. The molecule has 7 heteroatoms. The fourth-order valence-electron chi connectivity index (χ4n) is 3.83. The summed E-state index contributed by atoms with van der Waals surface area (Å²) >= 11 is 0. The van der Waals surface area contributed by atoms with Crippen molar-refractivity contribution in [1.82, 2.24) is 10.3 Å². The summed E-state index contributed by atoms with van der Waals surface area (Å²) in [5.41, 5.74) is 3.68. The number of fused-ring (bicyclic) bond motifs is 1. The maximum absolute atomic E-state index is 12.6. The first-order valence-electron chi connectivity index (χ1n) is 10.4. The number of ether oxygens (including phenoxy) is 1. The topological polar surface area (TPSA) is 83.6 Å². The highest BCUT2D eigenvalue weighted by Gasteiger charge is 2.34. The smallest absolute Gasteiger partial charge is 0.407 e. The number of benzene rings is 1. The number of carbonyl (C=O) groups excluding carboxylic acids is 2. The normalized spacial score (nSPS) is 18.0. The molecule has 2 N–H and O–H groups in total. The predicted octanol–water partition coefficient (Wildman–Crippen LogP) is 4.50. The Balaban J connectivity index is 2.01. The number of rotatable bonds is 5. The summed E-state index contributed by atoms with van der Waals surface area (Å²) in [7, 11) is 1.83. The van der Waals surface area contributed by atoms with Crippen LogP contribution in [0.3, 0.4) is 0 Å². The minimum Gasteiger partial charge on any atom is -0.447 e. The summed E-state index contributed by atoms with van der Waals surface area (Å²) in [6, 6.07) is 9.63. The highest BCUT2D eigenvalue weighted by molar-refractivity contribution is 5.95. The molecule has 30 heavy (non-hydrogen) atoms. The van der Waals surface area contributed by atoms with E-state index >= 15 is 0 Å². The maximum atomic E-state index is 12.6. The van der Waals surface area contributed by atoms with Gasteiger partial charge in [0.15, 0.2) is 0 Å². The molecule has 0 fully saturated rings. The van der Waals surface area contributed by atoms with Gasteiger partial charge in [-0.05, 0) is 62.6 Å². The van der Waals surface area contributed by atoms with Gasteiger partial charge in [0.2, 0.25) is 5.91 Å². The van der Waals surface area contributed by atoms with Crippen molar-refractivity contribution in [3.63, 3.8) is 0 Å². The molecule has 0 bridgehead atoms. The standard InChI is InChI=1S/C23H30N4O3/c1-6-22(28)27-15(4)11-19(26-23(29)30-14(2)3)18-12-16(7-9-20(18)27)17-8-10-21(24-5)25-13-17/h7-10,12-15,19H,6,11H2,1-5H3,(H,24,25)(H,26,29). The van der Waals surface area contributed by atoms with Crippen molar-refractivity contribution >= 4 is 23.5 Å². The average molecular weight is 411 g/mol. The van der Waals surface area contributed by atoms with E-state index in [-0.39, 0.29) is 24.1 Å².